The van der Waals surface area contributed by atoms with Crippen LogP contribution in [0.4, 0.5) is 11.4 Å². The predicted molar refractivity (Wildman–Crippen MR) is 158 cm³/mol. The maximum Gasteiger partial charge on any atom is 0.0363 e. The van der Waals surface area contributed by atoms with Gasteiger partial charge in [-0.25, -0.2) is 0 Å². The Morgan fingerprint density at radius 3 is 1.08 bits per heavy atom. The van der Waals surface area contributed by atoms with E-state index in [2.05, 4.69) is 159 Å². The topological polar surface area (TPSA) is 6.48 Å². The average Bonchev–Trinajstić information content (AvgIpc) is 2.96. The van der Waals surface area contributed by atoms with E-state index in [9.17, 15) is 0 Å². The van der Waals surface area contributed by atoms with Gasteiger partial charge in [0.25, 0.3) is 0 Å². The molecule has 4 aromatic rings. The van der Waals surface area contributed by atoms with Gasteiger partial charge in [-0.1, -0.05) is 97.1 Å². The SMILES string of the molecule is CCN(C)c1ccc(C(=CC=C(c2ccccc2)c2ccccc2)c2ccc(N(C)CC)cc2)cc1. The first-order valence-corrected chi connectivity index (χ1v) is 12.8. The molecule has 0 saturated heterocycles. The van der Waals surface area contributed by atoms with E-state index in [1.807, 2.05) is 0 Å². The van der Waals surface area contributed by atoms with Crippen molar-refractivity contribution < 1.29 is 0 Å². The average molecular weight is 473 g/mol. The molecule has 182 valence electrons. The van der Waals surface area contributed by atoms with Gasteiger partial charge in [-0.15, -0.1) is 0 Å². The molecule has 0 amide bonds. The molecule has 2 nitrogen and oxygen atoms in total. The van der Waals surface area contributed by atoms with Crippen molar-refractivity contribution in [2.75, 3.05) is 37.0 Å². The van der Waals surface area contributed by atoms with Crippen LogP contribution < -0.4 is 9.80 Å². The minimum absolute atomic E-state index is 0.981. The fourth-order valence-electron chi connectivity index (χ4n) is 4.28. The van der Waals surface area contributed by atoms with Crippen LogP contribution in [0.15, 0.2) is 121 Å². The molecule has 36 heavy (non-hydrogen) atoms. The van der Waals surface area contributed by atoms with Crippen LogP contribution in [0.3, 0.4) is 0 Å². The molecule has 2 heteroatoms. The zero-order chi connectivity index (χ0) is 25.3. The second-order valence-corrected chi connectivity index (χ2v) is 9.01. The van der Waals surface area contributed by atoms with Crippen molar-refractivity contribution >= 4 is 22.5 Å². The fourth-order valence-corrected chi connectivity index (χ4v) is 4.28. The fraction of sp³-hybridized carbons (Fsp3) is 0.176. The minimum Gasteiger partial charge on any atom is -0.375 e. The van der Waals surface area contributed by atoms with Gasteiger partial charge in [-0.3, -0.25) is 0 Å². The number of allylic oxidation sites excluding steroid dienone is 2. The molecule has 0 aromatic heterocycles. The van der Waals surface area contributed by atoms with Crippen molar-refractivity contribution in [2.24, 2.45) is 0 Å². The third kappa shape index (κ3) is 5.95. The molecule has 0 aliphatic rings. The Hall–Kier alpha value is -4.04. The minimum atomic E-state index is 0.981. The maximum atomic E-state index is 2.27. The van der Waals surface area contributed by atoms with Gasteiger partial charge in [0, 0.05) is 38.6 Å². The lowest BCUT2D eigenvalue weighted by Gasteiger charge is -2.19. The van der Waals surface area contributed by atoms with E-state index in [1.165, 1.54) is 44.8 Å². The molecular formula is C34H36N2. The Morgan fingerprint density at radius 1 is 0.472 bits per heavy atom. The summed E-state index contributed by atoms with van der Waals surface area (Å²) in [5.41, 5.74) is 9.69. The number of nitrogens with zero attached hydrogens (tertiary/aromatic N) is 2. The lowest BCUT2D eigenvalue weighted by molar-refractivity contribution is 0.968. The number of benzene rings is 4. The molecule has 4 rings (SSSR count). The van der Waals surface area contributed by atoms with Crippen LogP contribution in [0.1, 0.15) is 36.1 Å². The van der Waals surface area contributed by atoms with E-state index in [1.54, 1.807) is 0 Å². The lowest BCUT2D eigenvalue weighted by Crippen LogP contribution is -2.15. The molecular weight excluding hydrogens is 436 g/mol. The van der Waals surface area contributed by atoms with E-state index in [4.69, 9.17) is 0 Å². The van der Waals surface area contributed by atoms with Crippen molar-refractivity contribution in [3.8, 4) is 0 Å². The van der Waals surface area contributed by atoms with Crippen LogP contribution >= 0.6 is 0 Å². The second kappa shape index (κ2) is 12.1. The molecule has 0 bridgehead atoms. The van der Waals surface area contributed by atoms with Gasteiger partial charge in [-0.05, 0) is 71.5 Å². The normalized spacial score (nSPS) is 10.4. The summed E-state index contributed by atoms with van der Waals surface area (Å²) in [6.07, 6.45) is 4.53. The van der Waals surface area contributed by atoms with Gasteiger partial charge in [0.05, 0.1) is 0 Å². The first-order chi connectivity index (χ1) is 17.6. The molecule has 0 saturated carbocycles. The quantitative estimate of drug-likeness (QED) is 0.227. The second-order valence-electron chi connectivity index (χ2n) is 9.01. The van der Waals surface area contributed by atoms with Crippen LogP contribution in [0.5, 0.6) is 0 Å². The molecule has 0 aliphatic carbocycles. The van der Waals surface area contributed by atoms with Gasteiger partial charge in [0.1, 0.15) is 0 Å². The van der Waals surface area contributed by atoms with Crippen molar-refractivity contribution in [1.82, 2.24) is 0 Å². The maximum absolute atomic E-state index is 2.27. The van der Waals surface area contributed by atoms with Gasteiger partial charge in [0.2, 0.25) is 0 Å². The summed E-state index contributed by atoms with van der Waals surface area (Å²) in [7, 11) is 4.26. The highest BCUT2D eigenvalue weighted by Gasteiger charge is 2.09. The highest BCUT2D eigenvalue weighted by Crippen LogP contribution is 2.30. The van der Waals surface area contributed by atoms with E-state index in [-0.39, 0.29) is 0 Å². The summed E-state index contributed by atoms with van der Waals surface area (Å²) in [5, 5.41) is 0. The first kappa shape index (κ1) is 25.1. The van der Waals surface area contributed by atoms with Gasteiger partial charge in [0.15, 0.2) is 0 Å². The van der Waals surface area contributed by atoms with E-state index in [0.717, 1.165) is 13.1 Å². The lowest BCUT2D eigenvalue weighted by atomic mass is 9.93. The summed E-state index contributed by atoms with van der Waals surface area (Å²) in [6, 6.07) is 39.0. The largest absolute Gasteiger partial charge is 0.375 e. The van der Waals surface area contributed by atoms with E-state index in [0.29, 0.717) is 0 Å². The molecule has 0 spiro atoms. The first-order valence-electron chi connectivity index (χ1n) is 12.8. The van der Waals surface area contributed by atoms with Crippen LogP contribution in [-0.2, 0) is 0 Å². The Balaban J connectivity index is 1.83. The van der Waals surface area contributed by atoms with Crippen molar-refractivity contribution in [3.63, 3.8) is 0 Å². The van der Waals surface area contributed by atoms with Crippen molar-refractivity contribution in [2.45, 2.75) is 13.8 Å². The Labute approximate surface area is 216 Å². The molecule has 0 heterocycles. The zero-order valence-electron chi connectivity index (χ0n) is 21.9. The highest BCUT2D eigenvalue weighted by atomic mass is 15.1. The molecule has 4 aromatic carbocycles. The summed E-state index contributed by atoms with van der Waals surface area (Å²) < 4.78 is 0. The van der Waals surface area contributed by atoms with Crippen LogP contribution in [0.25, 0.3) is 11.1 Å². The number of anilines is 2. The Kier molecular flexibility index (Phi) is 8.41. The molecule has 0 radical (unpaired) electrons. The molecule has 0 unspecified atom stereocenters. The smallest absolute Gasteiger partial charge is 0.0363 e. The number of hydrogen-bond donors (Lipinski definition) is 0. The Bertz CT molecular complexity index is 1190. The van der Waals surface area contributed by atoms with Gasteiger partial charge >= 0.3 is 0 Å². The summed E-state index contributed by atoms with van der Waals surface area (Å²) in [6.45, 7) is 6.31. The van der Waals surface area contributed by atoms with Gasteiger partial charge in [-0.2, -0.15) is 0 Å². The molecule has 0 aliphatic heterocycles. The van der Waals surface area contributed by atoms with Crippen molar-refractivity contribution in [1.29, 1.82) is 0 Å². The summed E-state index contributed by atoms with van der Waals surface area (Å²) in [4.78, 5) is 4.51. The zero-order valence-corrected chi connectivity index (χ0v) is 21.9. The predicted octanol–water partition coefficient (Wildman–Crippen LogP) is 8.16. The number of rotatable bonds is 9. The third-order valence-electron chi connectivity index (χ3n) is 6.77. The van der Waals surface area contributed by atoms with E-state index >= 15 is 0 Å². The van der Waals surface area contributed by atoms with Crippen LogP contribution in [0, 0.1) is 0 Å². The monoisotopic (exact) mass is 472 g/mol. The molecule has 0 atom stereocenters. The summed E-state index contributed by atoms with van der Waals surface area (Å²) in [5.74, 6) is 0. The van der Waals surface area contributed by atoms with Crippen LogP contribution in [0.2, 0.25) is 0 Å². The van der Waals surface area contributed by atoms with E-state index < -0.39 is 0 Å². The summed E-state index contributed by atoms with van der Waals surface area (Å²) >= 11 is 0. The van der Waals surface area contributed by atoms with Gasteiger partial charge < -0.3 is 9.80 Å². The Morgan fingerprint density at radius 2 is 0.778 bits per heavy atom. The molecule has 0 fully saturated rings. The third-order valence-corrected chi connectivity index (χ3v) is 6.77. The highest BCUT2D eigenvalue weighted by molar-refractivity contribution is 5.86. The molecule has 0 N–H and O–H groups in total. The van der Waals surface area contributed by atoms with Crippen LogP contribution in [-0.4, -0.2) is 27.2 Å². The van der Waals surface area contributed by atoms with Crippen molar-refractivity contribution in [3.05, 3.63) is 144 Å². The standard InChI is InChI=1S/C34H36N2/c1-5-35(3)31-21-17-29(18-22-31)34(30-19-23-32(24-20-30)36(4)6-2)26-25-33(27-13-9-7-10-14-27)28-15-11-8-12-16-28/h7-26H,5-6H2,1-4H3. The number of hydrogen-bond acceptors (Lipinski definition) is 2.